The maximum atomic E-state index is 12.9. The first-order valence-electron chi connectivity index (χ1n) is 5.43. The Balaban J connectivity index is 2.41. The number of anilines is 1. The molecular weight excluding hydrogens is 265 g/mol. The molecule has 1 heterocycles. The van der Waals surface area contributed by atoms with Crippen LogP contribution in [0.5, 0.6) is 0 Å². The summed E-state index contributed by atoms with van der Waals surface area (Å²) in [5, 5.41) is 20.1. The third-order valence-electron chi connectivity index (χ3n) is 2.90. The van der Waals surface area contributed by atoms with Crippen LogP contribution >= 0.6 is 0 Å². The lowest BCUT2D eigenvalue weighted by molar-refractivity contribution is -0.385. The number of hydrogen-bond acceptors (Lipinski definition) is 4. The minimum atomic E-state index is -4.68. The molecule has 1 aromatic rings. The minimum Gasteiger partial charge on any atom is -0.386 e. The summed E-state index contributed by atoms with van der Waals surface area (Å²) in [6, 6.07) is 2.61. The van der Waals surface area contributed by atoms with Crippen LogP contribution in [0.15, 0.2) is 18.2 Å². The van der Waals surface area contributed by atoms with Gasteiger partial charge in [0.05, 0.1) is 16.1 Å². The van der Waals surface area contributed by atoms with E-state index in [4.69, 9.17) is 0 Å². The number of benzene rings is 1. The van der Waals surface area contributed by atoms with Crippen LogP contribution in [-0.4, -0.2) is 28.7 Å². The zero-order valence-electron chi connectivity index (χ0n) is 9.94. The van der Waals surface area contributed by atoms with E-state index >= 15 is 0 Å². The van der Waals surface area contributed by atoms with Crippen LogP contribution < -0.4 is 4.90 Å². The molecule has 2 rings (SSSR count). The molecule has 0 aromatic heterocycles. The molecule has 0 bridgehead atoms. The van der Waals surface area contributed by atoms with E-state index in [1.54, 1.807) is 0 Å². The molecule has 19 heavy (non-hydrogen) atoms. The van der Waals surface area contributed by atoms with Crippen LogP contribution in [0.1, 0.15) is 12.5 Å². The van der Waals surface area contributed by atoms with Crippen molar-refractivity contribution < 1.29 is 23.2 Å². The SMILES string of the molecule is CC1(O)CN(c2ccc([N+](=O)[O-])cc2C(F)(F)F)C1. The van der Waals surface area contributed by atoms with Crippen molar-refractivity contribution in [3.63, 3.8) is 0 Å². The molecule has 0 spiro atoms. The van der Waals surface area contributed by atoms with Gasteiger partial charge in [-0.05, 0) is 13.0 Å². The zero-order chi connectivity index (χ0) is 14.4. The standard InChI is InChI=1S/C11H11F3N2O3/c1-10(17)5-15(6-10)9-3-2-7(16(18)19)4-8(9)11(12,13)14/h2-4,17H,5-6H2,1H3. The molecule has 0 aliphatic carbocycles. The Morgan fingerprint density at radius 2 is 2.00 bits per heavy atom. The summed E-state index contributed by atoms with van der Waals surface area (Å²) in [5.74, 6) is 0. The lowest BCUT2D eigenvalue weighted by atomic mass is 9.94. The summed E-state index contributed by atoms with van der Waals surface area (Å²) in [6.07, 6.45) is -4.68. The van der Waals surface area contributed by atoms with Gasteiger partial charge in [0.15, 0.2) is 0 Å². The van der Waals surface area contributed by atoms with Crippen molar-refractivity contribution in [1.29, 1.82) is 0 Å². The second kappa shape index (κ2) is 4.09. The Morgan fingerprint density at radius 3 is 2.42 bits per heavy atom. The highest BCUT2D eigenvalue weighted by molar-refractivity contribution is 5.61. The number of nitro benzene ring substituents is 1. The van der Waals surface area contributed by atoms with Gasteiger partial charge in [0.25, 0.3) is 5.69 Å². The third kappa shape index (κ3) is 2.62. The second-order valence-corrected chi connectivity index (χ2v) is 4.81. The van der Waals surface area contributed by atoms with Gasteiger partial charge >= 0.3 is 6.18 Å². The van der Waals surface area contributed by atoms with Gasteiger partial charge in [-0.25, -0.2) is 0 Å². The van der Waals surface area contributed by atoms with Crippen LogP contribution in [0.3, 0.4) is 0 Å². The number of alkyl halides is 3. The van der Waals surface area contributed by atoms with Crippen LogP contribution in [0.25, 0.3) is 0 Å². The highest BCUT2D eigenvalue weighted by atomic mass is 19.4. The van der Waals surface area contributed by atoms with Gasteiger partial charge in [-0.15, -0.1) is 0 Å². The highest BCUT2D eigenvalue weighted by Crippen LogP contribution is 2.41. The lowest BCUT2D eigenvalue weighted by Gasteiger charge is -2.46. The van der Waals surface area contributed by atoms with Gasteiger partial charge in [0.2, 0.25) is 0 Å². The number of halogens is 3. The first-order valence-corrected chi connectivity index (χ1v) is 5.43. The van der Waals surface area contributed by atoms with Crippen molar-refractivity contribution in [3.05, 3.63) is 33.9 Å². The summed E-state index contributed by atoms with van der Waals surface area (Å²) < 4.78 is 38.7. The highest BCUT2D eigenvalue weighted by Gasteiger charge is 2.42. The fraction of sp³-hybridized carbons (Fsp3) is 0.455. The average Bonchev–Trinajstić information content (AvgIpc) is 2.23. The van der Waals surface area contributed by atoms with Crippen LogP contribution in [-0.2, 0) is 6.18 Å². The molecule has 5 nitrogen and oxygen atoms in total. The van der Waals surface area contributed by atoms with Crippen molar-refractivity contribution in [1.82, 2.24) is 0 Å². The van der Waals surface area contributed by atoms with Crippen LogP contribution in [0.4, 0.5) is 24.5 Å². The predicted molar refractivity (Wildman–Crippen MR) is 60.9 cm³/mol. The maximum absolute atomic E-state index is 12.9. The van der Waals surface area contributed by atoms with Crippen LogP contribution in [0, 0.1) is 10.1 Å². The monoisotopic (exact) mass is 276 g/mol. The number of β-amino-alcohol motifs (C(OH)–C–C–N with tert-alkyl or cyclic N) is 1. The molecule has 1 aliphatic heterocycles. The molecule has 1 fully saturated rings. The number of aliphatic hydroxyl groups is 1. The summed E-state index contributed by atoms with van der Waals surface area (Å²) in [7, 11) is 0. The summed E-state index contributed by atoms with van der Waals surface area (Å²) in [5.41, 5.74) is -2.84. The van der Waals surface area contributed by atoms with E-state index in [1.807, 2.05) is 0 Å². The fourth-order valence-corrected chi connectivity index (χ4v) is 2.09. The molecule has 1 aromatic carbocycles. The van der Waals surface area contributed by atoms with Crippen molar-refractivity contribution in [3.8, 4) is 0 Å². The quantitative estimate of drug-likeness (QED) is 0.664. The normalized spacial score (nSPS) is 18.1. The van der Waals surface area contributed by atoms with Gasteiger partial charge in [-0.3, -0.25) is 10.1 Å². The Kier molecular flexibility index (Phi) is 2.93. The fourth-order valence-electron chi connectivity index (χ4n) is 2.09. The molecule has 1 N–H and O–H groups in total. The number of nitro groups is 1. The van der Waals surface area contributed by atoms with E-state index in [2.05, 4.69) is 0 Å². The lowest BCUT2D eigenvalue weighted by Crippen LogP contribution is -2.60. The van der Waals surface area contributed by atoms with E-state index in [0.717, 1.165) is 12.1 Å². The van der Waals surface area contributed by atoms with Crippen molar-refractivity contribution in [2.75, 3.05) is 18.0 Å². The van der Waals surface area contributed by atoms with Gasteiger partial charge in [-0.1, -0.05) is 0 Å². The maximum Gasteiger partial charge on any atom is 0.418 e. The first-order chi connectivity index (χ1) is 8.60. The van der Waals surface area contributed by atoms with Crippen molar-refractivity contribution >= 4 is 11.4 Å². The number of non-ortho nitro benzene ring substituents is 1. The Bertz CT molecular complexity index is 520. The Hall–Kier alpha value is -1.83. The van der Waals surface area contributed by atoms with Gasteiger partial charge in [0.1, 0.15) is 0 Å². The molecule has 0 atom stereocenters. The average molecular weight is 276 g/mol. The molecule has 0 amide bonds. The van der Waals surface area contributed by atoms with E-state index in [-0.39, 0.29) is 18.8 Å². The third-order valence-corrected chi connectivity index (χ3v) is 2.90. The Labute approximate surface area is 106 Å². The van der Waals surface area contributed by atoms with Crippen molar-refractivity contribution in [2.24, 2.45) is 0 Å². The largest absolute Gasteiger partial charge is 0.418 e. The van der Waals surface area contributed by atoms with Gasteiger partial charge in [-0.2, -0.15) is 13.2 Å². The second-order valence-electron chi connectivity index (χ2n) is 4.81. The summed E-state index contributed by atoms with van der Waals surface area (Å²) >= 11 is 0. The Morgan fingerprint density at radius 1 is 1.42 bits per heavy atom. The molecule has 104 valence electrons. The van der Waals surface area contributed by atoms with Gasteiger partial charge in [0, 0.05) is 30.9 Å². The summed E-state index contributed by atoms with van der Waals surface area (Å²) in [4.78, 5) is 11.0. The minimum absolute atomic E-state index is 0.0634. The van der Waals surface area contributed by atoms with E-state index in [1.165, 1.54) is 11.8 Å². The smallest absolute Gasteiger partial charge is 0.386 e. The molecule has 1 saturated heterocycles. The van der Waals surface area contributed by atoms with E-state index < -0.39 is 28.0 Å². The van der Waals surface area contributed by atoms with Crippen LogP contribution in [0.2, 0.25) is 0 Å². The molecule has 0 unspecified atom stereocenters. The predicted octanol–water partition coefficient (Wildman–Crippen LogP) is 2.18. The summed E-state index contributed by atoms with van der Waals surface area (Å²) in [6.45, 7) is 1.64. The van der Waals surface area contributed by atoms with Crippen molar-refractivity contribution in [2.45, 2.75) is 18.7 Å². The molecule has 0 saturated carbocycles. The van der Waals surface area contributed by atoms with E-state index in [0.29, 0.717) is 6.07 Å². The zero-order valence-corrected chi connectivity index (χ0v) is 9.94. The molecular formula is C11H11F3N2O3. The number of nitrogens with zero attached hydrogens (tertiary/aromatic N) is 2. The molecule has 1 aliphatic rings. The number of hydrogen-bond donors (Lipinski definition) is 1. The van der Waals surface area contributed by atoms with Gasteiger partial charge < -0.3 is 10.0 Å². The number of rotatable bonds is 2. The first kappa shape index (κ1) is 13.6. The molecule has 0 radical (unpaired) electrons. The molecule has 8 heteroatoms. The topological polar surface area (TPSA) is 66.6 Å². The van der Waals surface area contributed by atoms with E-state index in [9.17, 15) is 28.4 Å².